The number of anilines is 1. The fraction of sp³-hybridized carbons (Fsp3) is 0.528. The highest BCUT2D eigenvalue weighted by Crippen LogP contribution is 2.33. The van der Waals surface area contributed by atoms with Gasteiger partial charge >= 0.3 is 0 Å². The second-order valence-electron chi connectivity index (χ2n) is 19.5. The van der Waals surface area contributed by atoms with Crippen LogP contribution >= 0.6 is 11.8 Å². The first-order chi connectivity index (χ1) is 36.7. The quantitative estimate of drug-likeness (QED) is 0.0724. The minimum atomic E-state index is -0.818. The number of likely N-dealkylation sites (tertiary alicyclic amines) is 2. The predicted octanol–water partition coefficient (Wildman–Crippen LogP) is 4.05. The summed E-state index contributed by atoms with van der Waals surface area (Å²) in [6.07, 6.45) is 5.29. The number of amides is 5. The molecule has 2 aromatic heterocycles. The number of hydrogen-bond acceptors (Lipinski definition) is 15. The van der Waals surface area contributed by atoms with Crippen molar-refractivity contribution in [3.8, 4) is 5.75 Å². The Hall–Kier alpha value is -6.56. The van der Waals surface area contributed by atoms with E-state index >= 15 is 0 Å². The highest BCUT2D eigenvalue weighted by Gasteiger charge is 2.43. The van der Waals surface area contributed by atoms with Gasteiger partial charge in [0, 0.05) is 62.2 Å². The van der Waals surface area contributed by atoms with Crippen molar-refractivity contribution in [3.05, 3.63) is 89.2 Å². The molecular weight excluding hydrogens is 1000 g/mol. The second-order valence-corrected chi connectivity index (χ2v) is 20.6. The van der Waals surface area contributed by atoms with Gasteiger partial charge in [0.25, 0.3) is 5.91 Å². The van der Waals surface area contributed by atoms with Gasteiger partial charge in [-0.2, -0.15) is 5.10 Å². The molecule has 4 aliphatic heterocycles. The van der Waals surface area contributed by atoms with Crippen LogP contribution in [-0.2, 0) is 28.7 Å². The summed E-state index contributed by atoms with van der Waals surface area (Å²) in [5.74, 6) is -1.11. The van der Waals surface area contributed by atoms with E-state index in [1.54, 1.807) is 47.0 Å². The number of fused-ring (bicyclic) bond motifs is 2. The van der Waals surface area contributed by atoms with Gasteiger partial charge in [-0.25, -0.2) is 18.3 Å². The average Bonchev–Trinajstić information content (AvgIpc) is 4.24. The molecule has 408 valence electrons. The van der Waals surface area contributed by atoms with Crippen molar-refractivity contribution in [1.29, 1.82) is 0 Å². The van der Waals surface area contributed by atoms with Crippen LogP contribution in [0.2, 0.25) is 0 Å². The van der Waals surface area contributed by atoms with Crippen LogP contribution in [0.1, 0.15) is 91.6 Å². The van der Waals surface area contributed by atoms with Crippen molar-refractivity contribution in [3.63, 3.8) is 0 Å². The number of benzene rings is 2. The molecule has 0 saturated carbocycles. The second kappa shape index (κ2) is 26.0. The highest BCUT2D eigenvalue weighted by molar-refractivity contribution is 8.14. The Labute approximate surface area is 444 Å². The molecule has 6 heterocycles. The Morgan fingerprint density at radius 1 is 0.934 bits per heavy atom. The van der Waals surface area contributed by atoms with Crippen molar-refractivity contribution < 1.29 is 51.8 Å². The summed E-state index contributed by atoms with van der Waals surface area (Å²) in [7, 11) is 1.67. The van der Waals surface area contributed by atoms with Crippen LogP contribution in [0, 0.1) is 17.6 Å². The summed E-state index contributed by atoms with van der Waals surface area (Å²) >= 11 is 1.45. The van der Waals surface area contributed by atoms with Gasteiger partial charge in [0.1, 0.15) is 47.0 Å². The summed E-state index contributed by atoms with van der Waals surface area (Å²) in [4.78, 5) is 95.5. The van der Waals surface area contributed by atoms with E-state index in [4.69, 9.17) is 19.2 Å². The van der Waals surface area contributed by atoms with Crippen LogP contribution in [0.4, 0.5) is 14.6 Å². The van der Waals surface area contributed by atoms with Crippen LogP contribution in [0.25, 0.3) is 5.65 Å². The van der Waals surface area contributed by atoms with E-state index in [-0.39, 0.29) is 118 Å². The number of rotatable bonds is 20. The molecule has 2 aromatic carbocycles. The fourth-order valence-corrected chi connectivity index (χ4v) is 11.0. The predicted molar refractivity (Wildman–Crippen MR) is 280 cm³/mol. The number of carbonyl (C=O) groups is 6. The van der Waals surface area contributed by atoms with Gasteiger partial charge in [0.15, 0.2) is 11.4 Å². The average molecular weight is 1070 g/mol. The first-order valence-corrected chi connectivity index (χ1v) is 27.0. The van der Waals surface area contributed by atoms with Gasteiger partial charge in [-0.3, -0.25) is 33.8 Å². The van der Waals surface area contributed by atoms with E-state index in [9.17, 15) is 37.5 Å². The van der Waals surface area contributed by atoms with Crippen LogP contribution < -0.4 is 26.0 Å². The fourth-order valence-electron chi connectivity index (χ4n) is 9.85. The number of halogens is 2. The number of ether oxygens (including phenoxy) is 3. The maximum Gasteiger partial charge on any atom is 0.259 e. The number of ketones is 1. The van der Waals surface area contributed by atoms with E-state index in [2.05, 4.69) is 31.3 Å². The van der Waals surface area contributed by atoms with Crippen molar-refractivity contribution in [2.24, 2.45) is 10.9 Å². The zero-order chi connectivity index (χ0) is 53.9. The number of hydrogen-bond donors (Lipinski definition) is 4. The molecule has 2 fully saturated rings. The Kier molecular flexibility index (Phi) is 19.0. The molecule has 5 amide bonds. The SMILES string of the molecule is CN[C@@H](C)C(=O)N[C@H](C(=O)N1CCC[C@H]1C1=NC(C(=O)c2ccc(F)cc2)CS1)C1CCN(C(=O)CCOCCOCCC(=O)NCCN2C[C@H](C)Oc3ccc(F)cc3C(C)Nc3ccn4ncc(c4n3)C2=O)CC1. The molecule has 4 aromatic rings. The van der Waals surface area contributed by atoms with E-state index in [0.29, 0.717) is 78.0 Å². The first-order valence-electron chi connectivity index (χ1n) is 26.0. The topological polar surface area (TPSA) is 230 Å². The van der Waals surface area contributed by atoms with Gasteiger partial charge < -0.3 is 50.2 Å². The Morgan fingerprint density at radius 3 is 2.42 bits per heavy atom. The molecule has 0 aliphatic carbocycles. The van der Waals surface area contributed by atoms with Crippen molar-refractivity contribution in [1.82, 2.24) is 45.2 Å². The monoisotopic (exact) mass is 1070 g/mol. The summed E-state index contributed by atoms with van der Waals surface area (Å²) in [6.45, 7) is 7.90. The Bertz CT molecular complexity index is 2760. The van der Waals surface area contributed by atoms with Crippen LogP contribution in [0.15, 0.2) is 65.9 Å². The number of piperidine rings is 1. The molecule has 2 saturated heterocycles. The maximum absolute atomic E-state index is 14.5. The summed E-state index contributed by atoms with van der Waals surface area (Å²) < 4.78 is 47.0. The van der Waals surface area contributed by atoms with Gasteiger partial charge in [0.05, 0.1) is 68.8 Å². The highest BCUT2D eigenvalue weighted by atomic mass is 32.2. The van der Waals surface area contributed by atoms with Crippen molar-refractivity contribution in [2.75, 3.05) is 83.8 Å². The largest absolute Gasteiger partial charge is 0.489 e. The number of nitrogens with zero attached hydrogens (tertiary/aromatic N) is 7. The van der Waals surface area contributed by atoms with Crippen LogP contribution in [-0.4, -0.2) is 178 Å². The molecule has 20 nitrogen and oxygen atoms in total. The third kappa shape index (κ3) is 13.9. The molecule has 6 atom stereocenters. The molecule has 2 unspecified atom stereocenters. The molecule has 4 N–H and O–H groups in total. The number of Topliss-reactive ketones (excluding diaryl/α,β-unsaturated/α-hetero) is 1. The zero-order valence-corrected chi connectivity index (χ0v) is 44.1. The number of aliphatic imine (C=N–C) groups is 1. The standard InChI is InChI=1S/C53H67F2N11O9S/c1-32-30-64(52(71)40-29-58-66-22-15-44(61-49(40)66)59-33(2)39-28-38(55)11-12-43(39)75-32)23-18-57-45(67)16-24-73-26-27-74-25-17-46(68)63-20-13-35(14-21-63)47(62-50(70)34(3)56-4)53(72)65-19-5-6-42(65)51-60-41(31-76-51)48(69)36-7-9-37(54)10-8-36/h7-12,15,22,28-29,32-35,41-42,47,56H,5-6,13-14,16-21,23-27,30-31H2,1-4H3,(H,57,67)(H,59,61)(H,62,70)/t32-,33?,34-,41?,42-,47-/m0/s1. The lowest BCUT2D eigenvalue weighted by molar-refractivity contribution is -0.140. The number of thioether (sulfide) groups is 1. The minimum absolute atomic E-state index is 0.0709. The van der Waals surface area contributed by atoms with Crippen LogP contribution in [0.3, 0.4) is 0 Å². The molecule has 0 radical (unpaired) electrons. The molecule has 2 bridgehead atoms. The lowest BCUT2D eigenvalue weighted by Gasteiger charge is -2.38. The van der Waals surface area contributed by atoms with Gasteiger partial charge in [-0.15, -0.1) is 11.8 Å². The van der Waals surface area contributed by atoms with Crippen molar-refractivity contribution >= 4 is 63.6 Å². The lowest BCUT2D eigenvalue weighted by atomic mass is 9.88. The van der Waals surface area contributed by atoms with Gasteiger partial charge in [-0.1, -0.05) is 0 Å². The number of carbonyl (C=O) groups excluding carboxylic acids is 6. The van der Waals surface area contributed by atoms with E-state index in [1.165, 1.54) is 58.9 Å². The molecule has 0 spiro atoms. The van der Waals surface area contributed by atoms with E-state index in [1.807, 2.05) is 13.8 Å². The number of aromatic nitrogens is 3. The smallest absolute Gasteiger partial charge is 0.259 e. The molecule has 23 heteroatoms. The molecular formula is C53H67F2N11O9S. The van der Waals surface area contributed by atoms with Gasteiger partial charge in [0.2, 0.25) is 23.6 Å². The van der Waals surface area contributed by atoms with E-state index < -0.39 is 35.9 Å². The van der Waals surface area contributed by atoms with Crippen LogP contribution in [0.5, 0.6) is 5.75 Å². The lowest BCUT2D eigenvalue weighted by Crippen LogP contribution is -2.58. The van der Waals surface area contributed by atoms with Gasteiger partial charge in [-0.05, 0) is 108 Å². The number of nitrogens with one attached hydrogen (secondary N) is 4. The summed E-state index contributed by atoms with van der Waals surface area (Å²) in [5.41, 5.74) is 1.59. The zero-order valence-electron chi connectivity index (χ0n) is 43.3. The molecule has 4 aliphatic rings. The summed E-state index contributed by atoms with van der Waals surface area (Å²) in [6, 6.07) is 8.74. The van der Waals surface area contributed by atoms with E-state index in [0.717, 1.165) is 6.42 Å². The summed E-state index contributed by atoms with van der Waals surface area (Å²) in [5, 5.41) is 17.1. The third-order valence-corrected chi connectivity index (χ3v) is 15.3. The maximum atomic E-state index is 14.5. The third-order valence-electron chi connectivity index (χ3n) is 14.2. The normalized spacial score (nSPS) is 20.9. The molecule has 76 heavy (non-hydrogen) atoms. The Balaban J connectivity index is 0.744. The first kappa shape index (κ1) is 55.7. The number of likely N-dealkylation sites (N-methyl/N-ethyl adjacent to an activating group) is 1. The van der Waals surface area contributed by atoms with Crippen molar-refractivity contribution in [2.45, 2.75) is 95.6 Å². The Morgan fingerprint density at radius 2 is 1.67 bits per heavy atom. The molecule has 8 rings (SSSR count). The minimum Gasteiger partial charge on any atom is -0.489 e.